The number of rotatable bonds is 3. The Balaban J connectivity index is 1.66. The highest BCUT2D eigenvalue weighted by Crippen LogP contribution is 2.20. The predicted molar refractivity (Wildman–Crippen MR) is 94.3 cm³/mol. The van der Waals surface area contributed by atoms with Crippen molar-refractivity contribution in [2.24, 2.45) is 0 Å². The van der Waals surface area contributed by atoms with E-state index in [1.54, 1.807) is 7.11 Å². The van der Waals surface area contributed by atoms with E-state index in [9.17, 15) is 5.11 Å². The molecule has 0 saturated carbocycles. The smallest absolute Gasteiger partial charge is 0.140 e. The lowest BCUT2D eigenvalue weighted by Crippen LogP contribution is -2.36. The molecule has 0 spiro atoms. The maximum Gasteiger partial charge on any atom is 0.140 e. The van der Waals surface area contributed by atoms with E-state index in [1.807, 2.05) is 48.5 Å². The number of morpholine rings is 1. The third-order valence-electron chi connectivity index (χ3n) is 4.03. The number of nitrogens with zero attached hydrogens (tertiary/aromatic N) is 1. The number of aliphatic hydroxyl groups excluding tert-OH is 1. The van der Waals surface area contributed by atoms with Crippen LogP contribution in [0.25, 0.3) is 0 Å². The largest absolute Gasteiger partial charge is 0.497 e. The minimum absolute atomic E-state index is 0.762. The zero-order chi connectivity index (χ0) is 16.8. The Morgan fingerprint density at radius 2 is 1.71 bits per heavy atom. The van der Waals surface area contributed by atoms with Crippen molar-refractivity contribution in [3.63, 3.8) is 0 Å². The summed E-state index contributed by atoms with van der Waals surface area (Å²) < 4.78 is 10.5. The van der Waals surface area contributed by atoms with Crippen molar-refractivity contribution in [3.05, 3.63) is 59.7 Å². The second-order valence-electron chi connectivity index (χ2n) is 5.59. The summed E-state index contributed by atoms with van der Waals surface area (Å²) in [6, 6.07) is 15.4. The summed E-state index contributed by atoms with van der Waals surface area (Å²) in [6.45, 7) is 3.33. The van der Waals surface area contributed by atoms with Crippen molar-refractivity contribution in [3.8, 4) is 17.6 Å². The van der Waals surface area contributed by atoms with Gasteiger partial charge in [0.2, 0.25) is 0 Å². The van der Waals surface area contributed by atoms with E-state index in [-0.39, 0.29) is 0 Å². The Kier molecular flexibility index (Phi) is 5.37. The van der Waals surface area contributed by atoms with Gasteiger partial charge in [0.15, 0.2) is 0 Å². The van der Waals surface area contributed by atoms with E-state index >= 15 is 0 Å². The maximum atomic E-state index is 10.3. The molecule has 1 fully saturated rings. The van der Waals surface area contributed by atoms with E-state index < -0.39 is 6.10 Å². The highest BCUT2D eigenvalue weighted by atomic mass is 16.5. The number of hydrogen-bond acceptors (Lipinski definition) is 4. The van der Waals surface area contributed by atoms with Crippen molar-refractivity contribution < 1.29 is 14.6 Å². The van der Waals surface area contributed by atoms with E-state index in [4.69, 9.17) is 9.47 Å². The van der Waals surface area contributed by atoms with Gasteiger partial charge in [-0.15, -0.1) is 0 Å². The predicted octanol–water partition coefficient (Wildman–Crippen LogP) is 2.62. The second-order valence-corrected chi connectivity index (χ2v) is 5.59. The first-order valence-corrected chi connectivity index (χ1v) is 8.02. The summed E-state index contributed by atoms with van der Waals surface area (Å²) in [5.41, 5.74) is 2.80. The molecule has 0 bridgehead atoms. The molecule has 1 aliphatic heterocycles. The van der Waals surface area contributed by atoms with Gasteiger partial charge in [-0.05, 0) is 42.0 Å². The monoisotopic (exact) mass is 323 g/mol. The van der Waals surface area contributed by atoms with Crippen LogP contribution in [0, 0.1) is 11.8 Å². The molecule has 124 valence electrons. The molecule has 1 N–H and O–H groups in total. The lowest BCUT2D eigenvalue weighted by molar-refractivity contribution is 0.122. The fourth-order valence-corrected chi connectivity index (χ4v) is 2.60. The van der Waals surface area contributed by atoms with Crippen LogP contribution in [0.2, 0.25) is 0 Å². The van der Waals surface area contributed by atoms with Crippen LogP contribution in [0.15, 0.2) is 48.5 Å². The standard InChI is InChI=1S/C20H21NO3/c1-23-19-9-2-16(3-10-19)4-11-20(22)17-5-7-18(8-6-17)21-12-14-24-15-13-21/h2-3,5-10,20,22H,12-15H2,1H3. The van der Waals surface area contributed by atoms with Gasteiger partial charge in [0.25, 0.3) is 0 Å². The van der Waals surface area contributed by atoms with Crippen LogP contribution in [0.4, 0.5) is 5.69 Å². The normalized spacial score (nSPS) is 15.3. The van der Waals surface area contributed by atoms with E-state index in [0.29, 0.717) is 0 Å². The van der Waals surface area contributed by atoms with Crippen LogP contribution in [-0.4, -0.2) is 38.5 Å². The van der Waals surface area contributed by atoms with Gasteiger partial charge in [0, 0.05) is 24.3 Å². The molecule has 2 aromatic carbocycles. The molecule has 3 rings (SSSR count). The number of methoxy groups -OCH3 is 1. The Hall–Kier alpha value is -2.48. The Labute approximate surface area is 142 Å². The number of ether oxygens (including phenoxy) is 2. The van der Waals surface area contributed by atoms with Gasteiger partial charge in [-0.25, -0.2) is 0 Å². The summed E-state index contributed by atoms with van der Waals surface area (Å²) in [4.78, 5) is 2.28. The van der Waals surface area contributed by atoms with Gasteiger partial charge in [-0.2, -0.15) is 0 Å². The first kappa shape index (κ1) is 16.4. The quantitative estimate of drug-likeness (QED) is 0.882. The Morgan fingerprint density at radius 1 is 1.04 bits per heavy atom. The molecule has 0 amide bonds. The van der Waals surface area contributed by atoms with Gasteiger partial charge in [-0.3, -0.25) is 0 Å². The van der Waals surface area contributed by atoms with Crippen molar-refractivity contribution >= 4 is 5.69 Å². The summed E-state index contributed by atoms with van der Waals surface area (Å²) in [5, 5.41) is 10.3. The molecule has 1 heterocycles. The minimum atomic E-state index is -0.800. The van der Waals surface area contributed by atoms with Crippen molar-refractivity contribution in [1.82, 2.24) is 0 Å². The zero-order valence-corrected chi connectivity index (χ0v) is 13.7. The van der Waals surface area contributed by atoms with E-state index in [0.717, 1.165) is 48.9 Å². The molecular weight excluding hydrogens is 302 g/mol. The molecule has 1 unspecified atom stereocenters. The molecule has 2 aromatic rings. The van der Waals surface area contributed by atoms with Crippen LogP contribution in [0.1, 0.15) is 17.2 Å². The number of benzene rings is 2. The average molecular weight is 323 g/mol. The zero-order valence-electron chi connectivity index (χ0n) is 13.7. The molecule has 0 aromatic heterocycles. The molecule has 4 heteroatoms. The molecule has 0 radical (unpaired) electrons. The lowest BCUT2D eigenvalue weighted by Gasteiger charge is -2.29. The third-order valence-corrected chi connectivity index (χ3v) is 4.03. The summed E-state index contributed by atoms with van der Waals surface area (Å²) in [5.74, 6) is 6.66. The average Bonchev–Trinajstić information content (AvgIpc) is 2.67. The van der Waals surface area contributed by atoms with Crippen LogP contribution in [0.5, 0.6) is 5.75 Å². The molecular formula is C20H21NO3. The van der Waals surface area contributed by atoms with Crippen LogP contribution in [-0.2, 0) is 4.74 Å². The molecule has 4 nitrogen and oxygen atoms in total. The lowest BCUT2D eigenvalue weighted by atomic mass is 10.1. The van der Waals surface area contributed by atoms with Crippen LogP contribution < -0.4 is 9.64 Å². The highest BCUT2D eigenvalue weighted by molar-refractivity contribution is 5.49. The summed E-state index contributed by atoms with van der Waals surface area (Å²) in [6.07, 6.45) is -0.800. The number of hydrogen-bond donors (Lipinski definition) is 1. The summed E-state index contributed by atoms with van der Waals surface area (Å²) >= 11 is 0. The van der Waals surface area contributed by atoms with E-state index in [1.165, 1.54) is 0 Å². The molecule has 24 heavy (non-hydrogen) atoms. The topological polar surface area (TPSA) is 41.9 Å². The maximum absolute atomic E-state index is 10.3. The highest BCUT2D eigenvalue weighted by Gasteiger charge is 2.11. The van der Waals surface area contributed by atoms with Gasteiger partial charge in [0.05, 0.1) is 20.3 Å². The van der Waals surface area contributed by atoms with Crippen LogP contribution >= 0.6 is 0 Å². The second kappa shape index (κ2) is 7.87. The van der Waals surface area contributed by atoms with Crippen molar-refractivity contribution in [2.45, 2.75) is 6.10 Å². The minimum Gasteiger partial charge on any atom is -0.497 e. The van der Waals surface area contributed by atoms with Gasteiger partial charge in [-0.1, -0.05) is 24.0 Å². The van der Waals surface area contributed by atoms with Gasteiger partial charge in [0.1, 0.15) is 11.9 Å². The fourth-order valence-electron chi connectivity index (χ4n) is 2.60. The number of aliphatic hydroxyl groups is 1. The number of anilines is 1. The Morgan fingerprint density at radius 3 is 2.33 bits per heavy atom. The van der Waals surface area contributed by atoms with E-state index in [2.05, 4.69) is 16.7 Å². The van der Waals surface area contributed by atoms with Gasteiger partial charge >= 0.3 is 0 Å². The molecule has 1 atom stereocenters. The van der Waals surface area contributed by atoms with Gasteiger partial charge < -0.3 is 19.5 Å². The molecule has 1 aliphatic rings. The van der Waals surface area contributed by atoms with Crippen molar-refractivity contribution in [1.29, 1.82) is 0 Å². The van der Waals surface area contributed by atoms with Crippen LogP contribution in [0.3, 0.4) is 0 Å². The SMILES string of the molecule is COc1ccc(C#CC(O)c2ccc(N3CCOCC3)cc2)cc1. The fraction of sp³-hybridized carbons (Fsp3) is 0.300. The third kappa shape index (κ3) is 4.08. The Bertz CT molecular complexity index is 707. The molecule has 0 aliphatic carbocycles. The first-order chi connectivity index (χ1) is 11.8. The first-order valence-electron chi connectivity index (χ1n) is 8.02. The summed E-state index contributed by atoms with van der Waals surface area (Å²) in [7, 11) is 1.63. The van der Waals surface area contributed by atoms with Crippen molar-refractivity contribution in [2.75, 3.05) is 38.3 Å². The molecule has 1 saturated heterocycles.